The summed E-state index contributed by atoms with van der Waals surface area (Å²) in [5, 5.41) is 2.32. The molecule has 0 aliphatic heterocycles. The van der Waals surface area contributed by atoms with E-state index < -0.39 is 35.2 Å². The number of urea groups is 1. The molecule has 4 nitrogen and oxygen atoms in total. The zero-order chi connectivity index (χ0) is 26.6. The van der Waals surface area contributed by atoms with Crippen molar-refractivity contribution in [2.75, 3.05) is 5.32 Å². The Labute approximate surface area is 210 Å². The molecule has 1 saturated carbocycles. The van der Waals surface area contributed by atoms with E-state index in [-0.39, 0.29) is 18.7 Å². The molecule has 1 N–H and O–H groups in total. The van der Waals surface area contributed by atoms with E-state index in [2.05, 4.69) is 5.32 Å². The Bertz CT molecular complexity index is 1160. The van der Waals surface area contributed by atoms with Gasteiger partial charge >= 0.3 is 18.4 Å². The number of hydrogen-bond acceptors (Lipinski definition) is 1. The van der Waals surface area contributed by atoms with E-state index in [1.165, 1.54) is 4.90 Å². The lowest BCUT2D eigenvalue weighted by atomic mass is 9.94. The molecule has 4 rings (SSSR count). The van der Waals surface area contributed by atoms with Gasteiger partial charge < -0.3 is 14.8 Å². The summed E-state index contributed by atoms with van der Waals surface area (Å²) in [6.45, 7) is 0.729. The smallest absolute Gasteiger partial charge is 0.345 e. The van der Waals surface area contributed by atoms with Crippen LogP contribution in [0.2, 0.25) is 0 Å². The van der Waals surface area contributed by atoms with Crippen molar-refractivity contribution in [3.8, 4) is 0 Å². The van der Waals surface area contributed by atoms with Gasteiger partial charge in [-0.05, 0) is 48.7 Å². The standard InChI is InChI=1S/C27H27F6N3O/c28-26(29,30)20-14-21(27(31,32)33)16-22(15-20)34-25(37)36(23-10-5-2-6-11-23)18-24-12-7-13-35(24)17-19-8-3-1-4-9-19/h1,3-4,7-9,12-16,23H,2,5-6,10-11,17-18H2,(H,34,37). The summed E-state index contributed by atoms with van der Waals surface area (Å²) in [5.74, 6) is 0. The van der Waals surface area contributed by atoms with Gasteiger partial charge in [0.25, 0.3) is 0 Å². The van der Waals surface area contributed by atoms with Crippen LogP contribution in [0.25, 0.3) is 0 Å². The SMILES string of the molecule is O=C(Nc1cc(C(F)(F)F)cc(C(F)(F)F)c1)N(Cc1cccn1Cc1ccccc1)C1CCCCC1. The lowest BCUT2D eigenvalue weighted by Gasteiger charge is -2.34. The fourth-order valence-corrected chi connectivity index (χ4v) is 4.68. The van der Waals surface area contributed by atoms with Crippen LogP contribution in [0.4, 0.5) is 36.8 Å². The first kappa shape index (κ1) is 26.6. The van der Waals surface area contributed by atoms with Crippen molar-refractivity contribution in [3.63, 3.8) is 0 Å². The van der Waals surface area contributed by atoms with Gasteiger partial charge in [-0.1, -0.05) is 49.6 Å². The first-order valence-corrected chi connectivity index (χ1v) is 12.1. The molecule has 0 spiro atoms. The van der Waals surface area contributed by atoms with E-state index in [1.807, 2.05) is 53.2 Å². The van der Waals surface area contributed by atoms with Crippen molar-refractivity contribution in [3.05, 3.63) is 89.2 Å². The Hall–Kier alpha value is -3.43. The zero-order valence-electron chi connectivity index (χ0n) is 19.9. The Morgan fingerprint density at radius 3 is 2.08 bits per heavy atom. The third kappa shape index (κ3) is 6.87. The molecule has 3 aromatic rings. The van der Waals surface area contributed by atoms with Gasteiger partial charge in [0, 0.05) is 30.2 Å². The quantitative estimate of drug-likeness (QED) is 0.327. The summed E-state index contributed by atoms with van der Waals surface area (Å²) in [6.07, 6.45) is -3.90. The summed E-state index contributed by atoms with van der Waals surface area (Å²) < 4.78 is 81.8. The van der Waals surface area contributed by atoms with E-state index in [4.69, 9.17) is 0 Å². The van der Waals surface area contributed by atoms with Gasteiger partial charge in [0.15, 0.2) is 0 Å². The predicted octanol–water partition coefficient (Wildman–Crippen LogP) is 7.94. The van der Waals surface area contributed by atoms with Crippen LogP contribution in [0, 0.1) is 0 Å². The van der Waals surface area contributed by atoms with E-state index >= 15 is 0 Å². The van der Waals surface area contributed by atoms with Crippen LogP contribution >= 0.6 is 0 Å². The highest BCUT2D eigenvalue weighted by Gasteiger charge is 2.37. The number of rotatable bonds is 6. The van der Waals surface area contributed by atoms with Crippen LogP contribution in [0.3, 0.4) is 0 Å². The van der Waals surface area contributed by atoms with Crippen molar-refractivity contribution in [2.45, 2.75) is 63.6 Å². The predicted molar refractivity (Wildman–Crippen MR) is 128 cm³/mol. The number of halogens is 6. The minimum atomic E-state index is -5.00. The third-order valence-electron chi connectivity index (χ3n) is 6.57. The summed E-state index contributed by atoms with van der Waals surface area (Å²) >= 11 is 0. The molecular weight excluding hydrogens is 496 g/mol. The van der Waals surface area contributed by atoms with Gasteiger partial charge in [-0.3, -0.25) is 0 Å². The molecule has 0 unspecified atom stereocenters. The number of anilines is 1. The van der Waals surface area contributed by atoms with E-state index in [1.54, 1.807) is 0 Å². The monoisotopic (exact) mass is 523 g/mol. The van der Waals surface area contributed by atoms with Gasteiger partial charge in [0.2, 0.25) is 0 Å². The molecule has 1 heterocycles. The first-order valence-electron chi connectivity index (χ1n) is 12.1. The second-order valence-electron chi connectivity index (χ2n) is 9.26. The molecule has 0 saturated heterocycles. The summed E-state index contributed by atoms with van der Waals surface area (Å²) in [7, 11) is 0. The average Bonchev–Trinajstić information content (AvgIpc) is 3.28. The number of carbonyl (C=O) groups is 1. The minimum Gasteiger partial charge on any atom is -0.345 e. The third-order valence-corrected chi connectivity index (χ3v) is 6.57. The molecular formula is C27H27F6N3O. The molecule has 198 valence electrons. The van der Waals surface area contributed by atoms with Crippen LogP contribution in [0.5, 0.6) is 0 Å². The van der Waals surface area contributed by atoms with Crippen LogP contribution in [-0.2, 0) is 25.4 Å². The normalized spacial score (nSPS) is 15.0. The number of hydrogen-bond donors (Lipinski definition) is 1. The molecule has 1 fully saturated rings. The maximum Gasteiger partial charge on any atom is 0.416 e. The number of alkyl halides is 6. The molecule has 37 heavy (non-hydrogen) atoms. The Balaban J connectivity index is 1.61. The van der Waals surface area contributed by atoms with Gasteiger partial charge in [0.05, 0.1) is 17.7 Å². The molecule has 0 bridgehead atoms. The Kier molecular flexibility index (Phi) is 7.85. The first-order chi connectivity index (χ1) is 17.5. The molecule has 1 aliphatic carbocycles. The Morgan fingerprint density at radius 1 is 0.865 bits per heavy atom. The lowest BCUT2D eigenvalue weighted by Crippen LogP contribution is -2.43. The Morgan fingerprint density at radius 2 is 1.49 bits per heavy atom. The number of amides is 2. The lowest BCUT2D eigenvalue weighted by molar-refractivity contribution is -0.143. The largest absolute Gasteiger partial charge is 0.416 e. The highest BCUT2D eigenvalue weighted by molar-refractivity contribution is 5.89. The van der Waals surface area contributed by atoms with E-state index in [0.717, 1.165) is 30.5 Å². The second-order valence-corrected chi connectivity index (χ2v) is 9.26. The van der Waals surface area contributed by atoms with Crippen molar-refractivity contribution in [1.82, 2.24) is 9.47 Å². The molecule has 0 radical (unpaired) electrons. The van der Waals surface area contributed by atoms with Gasteiger partial charge in [0.1, 0.15) is 0 Å². The van der Waals surface area contributed by atoms with Crippen molar-refractivity contribution < 1.29 is 31.1 Å². The molecule has 0 atom stereocenters. The number of carbonyl (C=O) groups excluding carboxylic acids is 1. The fraction of sp³-hybridized carbons (Fsp3) is 0.370. The number of aromatic nitrogens is 1. The van der Waals surface area contributed by atoms with E-state index in [0.29, 0.717) is 31.5 Å². The van der Waals surface area contributed by atoms with Crippen LogP contribution < -0.4 is 5.32 Å². The summed E-state index contributed by atoms with van der Waals surface area (Å²) in [5.41, 5.74) is -1.63. The molecule has 1 aromatic heterocycles. The van der Waals surface area contributed by atoms with Crippen molar-refractivity contribution in [2.24, 2.45) is 0 Å². The second kappa shape index (κ2) is 10.9. The topological polar surface area (TPSA) is 37.3 Å². The van der Waals surface area contributed by atoms with Gasteiger partial charge in [-0.15, -0.1) is 0 Å². The number of benzene rings is 2. The summed E-state index contributed by atoms with van der Waals surface area (Å²) in [6, 6.07) is 13.6. The molecule has 10 heteroatoms. The highest BCUT2D eigenvalue weighted by atomic mass is 19.4. The number of nitrogens with zero attached hydrogens (tertiary/aromatic N) is 2. The van der Waals surface area contributed by atoms with E-state index in [9.17, 15) is 31.1 Å². The van der Waals surface area contributed by atoms with Crippen LogP contribution in [-0.4, -0.2) is 21.5 Å². The fourth-order valence-electron chi connectivity index (χ4n) is 4.68. The molecule has 2 aromatic carbocycles. The molecule has 1 aliphatic rings. The number of nitrogens with one attached hydrogen (secondary N) is 1. The van der Waals surface area contributed by atoms with Crippen LogP contribution in [0.1, 0.15) is 54.5 Å². The van der Waals surface area contributed by atoms with Gasteiger partial charge in [-0.2, -0.15) is 26.3 Å². The maximum atomic E-state index is 13.4. The average molecular weight is 524 g/mol. The van der Waals surface area contributed by atoms with Crippen molar-refractivity contribution in [1.29, 1.82) is 0 Å². The van der Waals surface area contributed by atoms with Gasteiger partial charge in [-0.25, -0.2) is 4.79 Å². The minimum absolute atomic E-state index is 0.0467. The molecule has 2 amide bonds. The highest BCUT2D eigenvalue weighted by Crippen LogP contribution is 2.38. The zero-order valence-corrected chi connectivity index (χ0v) is 19.9. The van der Waals surface area contributed by atoms with Crippen molar-refractivity contribution >= 4 is 11.7 Å². The van der Waals surface area contributed by atoms with Crippen LogP contribution in [0.15, 0.2) is 66.9 Å². The maximum absolute atomic E-state index is 13.4. The summed E-state index contributed by atoms with van der Waals surface area (Å²) in [4.78, 5) is 14.9.